The molecular formula is C13H17F3N2O2S. The van der Waals surface area contributed by atoms with Gasteiger partial charge in [0.25, 0.3) is 0 Å². The molecule has 2 rings (SSSR count). The van der Waals surface area contributed by atoms with E-state index in [4.69, 9.17) is 0 Å². The van der Waals surface area contributed by atoms with Gasteiger partial charge in [-0.25, -0.2) is 8.42 Å². The van der Waals surface area contributed by atoms with E-state index < -0.39 is 21.8 Å². The van der Waals surface area contributed by atoms with E-state index in [1.54, 1.807) is 0 Å². The van der Waals surface area contributed by atoms with Crippen LogP contribution in [-0.4, -0.2) is 38.9 Å². The molecule has 1 aromatic rings. The Balaban J connectivity index is 2.14. The number of likely N-dealkylation sites (N-methyl/N-ethyl adjacent to an activating group) is 1. The number of benzene rings is 1. The largest absolute Gasteiger partial charge is 0.416 e. The number of hydrogen-bond acceptors (Lipinski definition) is 3. The summed E-state index contributed by atoms with van der Waals surface area (Å²) >= 11 is 0. The minimum atomic E-state index is -4.47. The molecular weight excluding hydrogens is 305 g/mol. The van der Waals surface area contributed by atoms with E-state index in [-0.39, 0.29) is 10.9 Å². The van der Waals surface area contributed by atoms with Crippen LogP contribution in [-0.2, 0) is 16.2 Å². The maximum absolute atomic E-state index is 12.5. The molecule has 1 N–H and O–H groups in total. The predicted molar refractivity (Wildman–Crippen MR) is 72.3 cm³/mol. The van der Waals surface area contributed by atoms with Crippen molar-refractivity contribution < 1.29 is 21.6 Å². The van der Waals surface area contributed by atoms with Crippen LogP contribution in [0.5, 0.6) is 0 Å². The normalized spacial score (nSPS) is 20.1. The molecule has 1 aromatic carbocycles. The van der Waals surface area contributed by atoms with E-state index in [1.807, 2.05) is 0 Å². The van der Waals surface area contributed by atoms with Crippen molar-refractivity contribution in [3.63, 3.8) is 0 Å². The van der Waals surface area contributed by atoms with E-state index in [9.17, 15) is 21.6 Å². The summed E-state index contributed by atoms with van der Waals surface area (Å²) in [7, 11) is -2.33. The van der Waals surface area contributed by atoms with Crippen LogP contribution in [0, 0.1) is 0 Å². The molecule has 21 heavy (non-hydrogen) atoms. The van der Waals surface area contributed by atoms with Gasteiger partial charge in [-0.15, -0.1) is 0 Å². The molecule has 4 nitrogen and oxygen atoms in total. The van der Waals surface area contributed by atoms with Crippen molar-refractivity contribution in [3.8, 4) is 0 Å². The molecule has 1 atom stereocenters. The SMILES string of the molecule is CN(CC1CCCN1)S(=O)(=O)c1ccc(C(F)(F)F)cc1. The highest BCUT2D eigenvalue weighted by Crippen LogP contribution is 2.30. The maximum atomic E-state index is 12.5. The van der Waals surface area contributed by atoms with Crippen molar-refractivity contribution >= 4 is 10.0 Å². The van der Waals surface area contributed by atoms with Gasteiger partial charge in [0.15, 0.2) is 0 Å². The minimum absolute atomic E-state index is 0.0965. The van der Waals surface area contributed by atoms with Crippen LogP contribution in [0.25, 0.3) is 0 Å². The van der Waals surface area contributed by atoms with Crippen molar-refractivity contribution in [2.75, 3.05) is 20.1 Å². The van der Waals surface area contributed by atoms with Crippen LogP contribution in [0.4, 0.5) is 13.2 Å². The maximum Gasteiger partial charge on any atom is 0.416 e. The highest BCUT2D eigenvalue weighted by atomic mass is 32.2. The van der Waals surface area contributed by atoms with E-state index in [0.29, 0.717) is 6.54 Å². The topological polar surface area (TPSA) is 49.4 Å². The molecule has 1 saturated heterocycles. The summed E-state index contributed by atoms with van der Waals surface area (Å²) < 4.78 is 63.2. The van der Waals surface area contributed by atoms with Gasteiger partial charge in [-0.3, -0.25) is 0 Å². The molecule has 118 valence electrons. The fourth-order valence-electron chi connectivity index (χ4n) is 2.32. The molecule has 0 aliphatic carbocycles. The third-order valence-corrected chi connectivity index (χ3v) is 5.37. The molecule has 8 heteroatoms. The summed E-state index contributed by atoms with van der Waals surface area (Å²) in [5, 5.41) is 3.19. The van der Waals surface area contributed by atoms with Crippen molar-refractivity contribution in [1.82, 2.24) is 9.62 Å². The predicted octanol–water partition coefficient (Wildman–Crippen LogP) is 2.08. The minimum Gasteiger partial charge on any atom is -0.313 e. The lowest BCUT2D eigenvalue weighted by Gasteiger charge is -2.21. The van der Waals surface area contributed by atoms with E-state index in [2.05, 4.69) is 5.32 Å². The number of rotatable bonds is 4. The van der Waals surface area contributed by atoms with Crippen molar-refractivity contribution in [2.24, 2.45) is 0 Å². The first kappa shape index (κ1) is 16.3. The van der Waals surface area contributed by atoms with Gasteiger partial charge in [0.05, 0.1) is 10.5 Å². The Morgan fingerprint density at radius 3 is 2.38 bits per heavy atom. The number of sulfonamides is 1. The van der Waals surface area contributed by atoms with E-state index >= 15 is 0 Å². The summed E-state index contributed by atoms with van der Waals surface area (Å²) in [5.74, 6) is 0. The van der Waals surface area contributed by atoms with Gasteiger partial charge in [0.1, 0.15) is 0 Å². The Kier molecular flexibility index (Phi) is 4.60. The summed E-state index contributed by atoms with van der Waals surface area (Å²) in [4.78, 5) is -0.129. The van der Waals surface area contributed by atoms with Gasteiger partial charge in [-0.05, 0) is 43.7 Å². The number of alkyl halides is 3. The molecule has 0 amide bonds. The van der Waals surface area contributed by atoms with Crippen molar-refractivity contribution in [3.05, 3.63) is 29.8 Å². The molecule has 1 unspecified atom stereocenters. The van der Waals surface area contributed by atoms with Gasteiger partial charge >= 0.3 is 6.18 Å². The summed E-state index contributed by atoms with van der Waals surface area (Å²) in [6.07, 6.45) is -2.58. The van der Waals surface area contributed by atoms with Crippen LogP contribution in [0.3, 0.4) is 0 Å². The number of nitrogens with one attached hydrogen (secondary N) is 1. The molecule has 0 spiro atoms. The van der Waals surface area contributed by atoms with Crippen molar-refractivity contribution in [2.45, 2.75) is 30.0 Å². The lowest BCUT2D eigenvalue weighted by atomic mass is 10.2. The van der Waals surface area contributed by atoms with Gasteiger partial charge in [-0.1, -0.05) is 0 Å². The molecule has 0 aromatic heterocycles. The third kappa shape index (κ3) is 3.75. The van der Waals surface area contributed by atoms with Gasteiger partial charge in [0.2, 0.25) is 10.0 Å². The first-order valence-electron chi connectivity index (χ1n) is 6.58. The Bertz CT molecular complexity index is 578. The lowest BCUT2D eigenvalue weighted by Crippen LogP contribution is -2.38. The van der Waals surface area contributed by atoms with Crippen LogP contribution in [0.15, 0.2) is 29.2 Å². The van der Waals surface area contributed by atoms with Gasteiger partial charge in [-0.2, -0.15) is 17.5 Å². The molecule has 0 radical (unpaired) electrons. The number of nitrogens with zero attached hydrogens (tertiary/aromatic N) is 1. The van der Waals surface area contributed by atoms with Crippen LogP contribution >= 0.6 is 0 Å². The van der Waals surface area contributed by atoms with Gasteiger partial charge < -0.3 is 5.32 Å². The molecule has 1 aliphatic rings. The smallest absolute Gasteiger partial charge is 0.313 e. The second-order valence-electron chi connectivity index (χ2n) is 5.10. The first-order chi connectivity index (χ1) is 9.71. The highest BCUT2D eigenvalue weighted by Gasteiger charge is 2.31. The first-order valence-corrected chi connectivity index (χ1v) is 8.02. The fraction of sp³-hybridized carbons (Fsp3) is 0.538. The molecule has 1 heterocycles. The quantitative estimate of drug-likeness (QED) is 0.923. The summed E-state index contributed by atoms with van der Waals surface area (Å²) in [6, 6.07) is 3.66. The highest BCUT2D eigenvalue weighted by molar-refractivity contribution is 7.89. The average molecular weight is 322 g/mol. The zero-order valence-corrected chi connectivity index (χ0v) is 12.3. The third-order valence-electron chi connectivity index (χ3n) is 3.53. The molecule has 0 bridgehead atoms. The summed E-state index contributed by atoms with van der Waals surface area (Å²) in [6.45, 7) is 1.17. The van der Waals surface area contributed by atoms with Gasteiger partial charge in [0, 0.05) is 19.6 Å². The van der Waals surface area contributed by atoms with E-state index in [0.717, 1.165) is 43.7 Å². The van der Waals surface area contributed by atoms with Crippen LogP contribution in [0.2, 0.25) is 0 Å². The molecule has 0 saturated carbocycles. The Hall–Kier alpha value is -1.12. The fourth-order valence-corrected chi connectivity index (χ4v) is 3.53. The average Bonchev–Trinajstić information content (AvgIpc) is 2.90. The molecule has 1 fully saturated rings. The van der Waals surface area contributed by atoms with Crippen LogP contribution in [0.1, 0.15) is 18.4 Å². The number of hydrogen-bond donors (Lipinski definition) is 1. The Morgan fingerprint density at radius 1 is 1.29 bits per heavy atom. The lowest BCUT2D eigenvalue weighted by molar-refractivity contribution is -0.137. The standard InChI is InChI=1S/C13H17F3N2O2S/c1-18(9-11-3-2-8-17-11)21(19,20)12-6-4-10(5-7-12)13(14,15)16/h4-7,11,17H,2-3,8-9H2,1H3. The Labute approximate surface area is 122 Å². The summed E-state index contributed by atoms with van der Waals surface area (Å²) in [5.41, 5.74) is -0.860. The number of halogens is 3. The zero-order valence-electron chi connectivity index (χ0n) is 11.5. The zero-order chi connectivity index (χ0) is 15.7. The second-order valence-corrected chi connectivity index (χ2v) is 7.15. The Morgan fingerprint density at radius 2 is 1.90 bits per heavy atom. The second kappa shape index (κ2) is 5.94. The van der Waals surface area contributed by atoms with Crippen LogP contribution < -0.4 is 5.32 Å². The molecule has 1 aliphatic heterocycles. The van der Waals surface area contributed by atoms with Crippen molar-refractivity contribution in [1.29, 1.82) is 0 Å². The monoisotopic (exact) mass is 322 g/mol. The van der Waals surface area contributed by atoms with E-state index in [1.165, 1.54) is 11.4 Å².